The van der Waals surface area contributed by atoms with E-state index in [0.29, 0.717) is 17.0 Å². The zero-order chi connectivity index (χ0) is 16.2. The molecular weight excluding hydrogens is 286 g/mol. The Balaban J connectivity index is 2.60. The van der Waals surface area contributed by atoms with Gasteiger partial charge in [0.2, 0.25) is 0 Å². The largest absolute Gasteiger partial charge is 0.444 e. The fraction of sp³-hybridized carbons (Fsp3) is 0.933. The first kappa shape index (κ1) is 18.6. The maximum absolute atomic E-state index is 11.9. The number of alkyl carbamates (subject to hydrolysis) is 1. The van der Waals surface area contributed by atoms with E-state index in [4.69, 9.17) is 10.5 Å². The average Bonchev–Trinajstić information content (AvgIpc) is 2.25. The van der Waals surface area contributed by atoms with Gasteiger partial charge in [0.25, 0.3) is 0 Å². The highest BCUT2D eigenvalue weighted by Gasteiger charge is 2.31. The van der Waals surface area contributed by atoms with Crippen molar-refractivity contribution in [1.29, 1.82) is 0 Å². The molecule has 5 nitrogen and oxygen atoms in total. The van der Waals surface area contributed by atoms with E-state index in [1.165, 1.54) is 0 Å². The van der Waals surface area contributed by atoms with Crippen LogP contribution in [0.25, 0.3) is 0 Å². The summed E-state index contributed by atoms with van der Waals surface area (Å²) in [4.78, 5) is 14.3. The lowest BCUT2D eigenvalue weighted by Gasteiger charge is -2.41. The van der Waals surface area contributed by atoms with Crippen molar-refractivity contribution in [3.05, 3.63) is 0 Å². The van der Waals surface area contributed by atoms with Crippen LogP contribution < -0.4 is 11.1 Å². The number of amides is 1. The number of nitrogens with zero attached hydrogens (tertiary/aromatic N) is 1. The molecule has 1 rings (SSSR count). The zero-order valence-corrected chi connectivity index (χ0v) is 15.0. The number of nitrogens with one attached hydrogen (secondary N) is 1. The standard InChI is InChI=1S/C15H31N3O2S/c1-10-8-18(9-11(2)21-10)13(7-16)12(3)17-14(19)20-15(4,5)6/h10-13H,7-9,16H2,1-6H3,(H,17,19). The summed E-state index contributed by atoms with van der Waals surface area (Å²) >= 11 is 2.01. The van der Waals surface area contributed by atoms with E-state index in [1.807, 2.05) is 39.5 Å². The predicted octanol–water partition coefficient (Wildman–Crippen LogP) is 2.05. The van der Waals surface area contributed by atoms with Crippen LogP contribution in [-0.2, 0) is 4.74 Å². The molecule has 0 saturated carbocycles. The van der Waals surface area contributed by atoms with Crippen molar-refractivity contribution in [3.8, 4) is 0 Å². The van der Waals surface area contributed by atoms with Gasteiger partial charge in [-0.1, -0.05) is 13.8 Å². The lowest BCUT2D eigenvalue weighted by Crippen LogP contribution is -2.58. The lowest BCUT2D eigenvalue weighted by molar-refractivity contribution is 0.0469. The lowest BCUT2D eigenvalue weighted by atomic mass is 10.1. The summed E-state index contributed by atoms with van der Waals surface area (Å²) in [6, 6.07) is 0.107. The van der Waals surface area contributed by atoms with Crippen molar-refractivity contribution in [3.63, 3.8) is 0 Å². The van der Waals surface area contributed by atoms with Gasteiger partial charge < -0.3 is 15.8 Å². The highest BCUT2D eigenvalue weighted by atomic mass is 32.2. The van der Waals surface area contributed by atoms with Crippen LogP contribution in [0.1, 0.15) is 41.5 Å². The summed E-state index contributed by atoms with van der Waals surface area (Å²) in [5, 5.41) is 4.11. The molecule has 0 bridgehead atoms. The highest BCUT2D eigenvalue weighted by Crippen LogP contribution is 2.26. The predicted molar refractivity (Wildman–Crippen MR) is 89.8 cm³/mol. The number of carbonyl (C=O) groups excluding carboxylic acids is 1. The van der Waals surface area contributed by atoms with Crippen LogP contribution in [0.4, 0.5) is 4.79 Å². The number of thioether (sulfide) groups is 1. The molecular formula is C15H31N3O2S. The highest BCUT2D eigenvalue weighted by molar-refractivity contribution is 8.00. The SMILES string of the molecule is CC1CN(C(CN)C(C)NC(=O)OC(C)(C)C)CC(C)S1. The van der Waals surface area contributed by atoms with Crippen LogP contribution in [0.3, 0.4) is 0 Å². The molecule has 0 aliphatic carbocycles. The molecule has 4 atom stereocenters. The first-order chi connectivity index (χ1) is 9.62. The molecule has 1 amide bonds. The molecule has 3 N–H and O–H groups in total. The molecule has 21 heavy (non-hydrogen) atoms. The maximum Gasteiger partial charge on any atom is 0.407 e. The molecule has 0 spiro atoms. The first-order valence-electron chi connectivity index (χ1n) is 7.71. The number of hydrogen-bond donors (Lipinski definition) is 2. The third kappa shape index (κ3) is 6.45. The van der Waals surface area contributed by atoms with Crippen LogP contribution in [-0.4, -0.2) is 58.8 Å². The molecule has 1 aliphatic rings. The van der Waals surface area contributed by atoms with Crippen molar-refractivity contribution >= 4 is 17.9 Å². The molecule has 124 valence electrons. The summed E-state index contributed by atoms with van der Waals surface area (Å²) < 4.78 is 5.32. The summed E-state index contributed by atoms with van der Waals surface area (Å²) in [5.41, 5.74) is 5.48. The van der Waals surface area contributed by atoms with Gasteiger partial charge in [0.05, 0.1) is 0 Å². The Labute approximate surface area is 133 Å². The van der Waals surface area contributed by atoms with E-state index in [2.05, 4.69) is 24.1 Å². The third-order valence-corrected chi connectivity index (χ3v) is 4.71. The van der Waals surface area contributed by atoms with E-state index >= 15 is 0 Å². The van der Waals surface area contributed by atoms with Crippen molar-refractivity contribution in [2.75, 3.05) is 19.6 Å². The smallest absolute Gasteiger partial charge is 0.407 e. The molecule has 0 radical (unpaired) electrons. The van der Waals surface area contributed by atoms with E-state index in [0.717, 1.165) is 13.1 Å². The molecule has 6 heteroatoms. The first-order valence-corrected chi connectivity index (χ1v) is 8.65. The molecule has 0 aromatic heterocycles. The van der Waals surface area contributed by atoms with Crippen molar-refractivity contribution < 1.29 is 9.53 Å². The summed E-state index contributed by atoms with van der Waals surface area (Å²) in [6.45, 7) is 14.6. The molecule has 4 unspecified atom stereocenters. The second kappa shape index (κ2) is 7.70. The third-order valence-electron chi connectivity index (χ3n) is 3.48. The maximum atomic E-state index is 11.9. The average molecular weight is 317 g/mol. The van der Waals surface area contributed by atoms with Gasteiger partial charge >= 0.3 is 6.09 Å². The Hall–Kier alpha value is -0.460. The van der Waals surface area contributed by atoms with Crippen molar-refractivity contribution in [2.24, 2.45) is 5.73 Å². The molecule has 1 heterocycles. The Morgan fingerprint density at radius 1 is 1.38 bits per heavy atom. The second-order valence-corrected chi connectivity index (χ2v) is 8.83. The normalized spacial score (nSPS) is 27.0. The van der Waals surface area contributed by atoms with Crippen LogP contribution >= 0.6 is 11.8 Å². The zero-order valence-electron chi connectivity index (χ0n) is 14.2. The minimum Gasteiger partial charge on any atom is -0.444 e. The Bertz CT molecular complexity index is 336. The monoisotopic (exact) mass is 317 g/mol. The Kier molecular flexibility index (Phi) is 6.81. The van der Waals surface area contributed by atoms with Gasteiger partial charge in [-0.2, -0.15) is 11.8 Å². The van der Waals surface area contributed by atoms with Crippen molar-refractivity contribution in [1.82, 2.24) is 10.2 Å². The quantitative estimate of drug-likeness (QED) is 0.830. The van der Waals surface area contributed by atoms with Gasteiger partial charge in [0.1, 0.15) is 5.60 Å². The molecule has 1 fully saturated rings. The van der Waals surface area contributed by atoms with Crippen molar-refractivity contribution in [2.45, 2.75) is 69.7 Å². The van der Waals surface area contributed by atoms with Crippen LogP contribution in [0, 0.1) is 0 Å². The van der Waals surface area contributed by atoms with Crippen LogP contribution in [0.2, 0.25) is 0 Å². The molecule has 1 aliphatic heterocycles. The molecule has 0 aromatic carbocycles. The fourth-order valence-corrected chi connectivity index (χ4v) is 4.10. The van der Waals surface area contributed by atoms with E-state index in [9.17, 15) is 4.79 Å². The Morgan fingerprint density at radius 2 is 1.90 bits per heavy atom. The number of rotatable bonds is 4. The van der Waals surface area contributed by atoms with Gasteiger partial charge in [-0.15, -0.1) is 0 Å². The summed E-state index contributed by atoms with van der Waals surface area (Å²) in [6.07, 6.45) is -0.374. The number of nitrogens with two attached hydrogens (primary N) is 1. The van der Waals surface area contributed by atoms with Crippen LogP contribution in [0.15, 0.2) is 0 Å². The fourth-order valence-electron chi connectivity index (χ4n) is 2.75. The minimum atomic E-state index is -0.479. The summed E-state index contributed by atoms with van der Waals surface area (Å²) in [5.74, 6) is 0. The van der Waals surface area contributed by atoms with E-state index in [1.54, 1.807) is 0 Å². The van der Waals surface area contributed by atoms with Gasteiger partial charge in [-0.05, 0) is 27.7 Å². The van der Waals surface area contributed by atoms with Gasteiger partial charge in [-0.3, -0.25) is 4.90 Å². The number of carbonyl (C=O) groups is 1. The second-order valence-electron chi connectivity index (χ2n) is 6.95. The number of hydrogen-bond acceptors (Lipinski definition) is 5. The van der Waals surface area contributed by atoms with E-state index in [-0.39, 0.29) is 18.2 Å². The molecule has 1 saturated heterocycles. The van der Waals surface area contributed by atoms with Crippen LogP contribution in [0.5, 0.6) is 0 Å². The van der Waals surface area contributed by atoms with E-state index < -0.39 is 5.60 Å². The minimum absolute atomic E-state index is 0.0349. The Morgan fingerprint density at radius 3 is 2.33 bits per heavy atom. The van der Waals surface area contributed by atoms with Gasteiger partial charge in [0, 0.05) is 42.2 Å². The number of ether oxygens (including phenoxy) is 1. The topological polar surface area (TPSA) is 67.6 Å². The van der Waals surface area contributed by atoms with Gasteiger partial charge in [-0.25, -0.2) is 4.79 Å². The summed E-state index contributed by atoms with van der Waals surface area (Å²) in [7, 11) is 0. The van der Waals surface area contributed by atoms with Gasteiger partial charge in [0.15, 0.2) is 0 Å². The molecule has 0 aromatic rings.